The molecule has 0 amide bonds. The standard InChI is InChI=1S/C10H19ClF3NO/c1-9(2)15(6-4-11)5-3-7-16-8-10(12,13)14/h9H,3-8H2,1-2H3. The average molecular weight is 262 g/mol. The van der Waals surface area contributed by atoms with E-state index in [1.165, 1.54) is 0 Å². The van der Waals surface area contributed by atoms with Crippen LogP contribution >= 0.6 is 11.6 Å². The maximum atomic E-state index is 11.7. The van der Waals surface area contributed by atoms with Gasteiger partial charge in [-0.25, -0.2) is 0 Å². The molecular weight excluding hydrogens is 243 g/mol. The second kappa shape index (κ2) is 8.14. The van der Waals surface area contributed by atoms with Crippen LogP contribution in [0.2, 0.25) is 0 Å². The predicted octanol–water partition coefficient (Wildman–Crippen LogP) is 2.90. The van der Waals surface area contributed by atoms with E-state index in [1.807, 2.05) is 13.8 Å². The van der Waals surface area contributed by atoms with Gasteiger partial charge >= 0.3 is 6.18 Å². The van der Waals surface area contributed by atoms with E-state index in [1.54, 1.807) is 0 Å². The second-order valence-corrected chi connectivity index (χ2v) is 4.22. The predicted molar refractivity (Wildman–Crippen MR) is 58.9 cm³/mol. The minimum Gasteiger partial charge on any atom is -0.372 e. The molecule has 0 aromatic rings. The number of rotatable bonds is 8. The van der Waals surface area contributed by atoms with E-state index in [9.17, 15) is 13.2 Å². The van der Waals surface area contributed by atoms with Gasteiger partial charge in [-0.1, -0.05) is 0 Å². The van der Waals surface area contributed by atoms with Crippen molar-refractivity contribution >= 4 is 11.6 Å². The summed E-state index contributed by atoms with van der Waals surface area (Å²) in [6.07, 6.45) is -3.64. The summed E-state index contributed by atoms with van der Waals surface area (Å²) in [7, 11) is 0. The van der Waals surface area contributed by atoms with Gasteiger partial charge in [0.05, 0.1) is 0 Å². The number of ether oxygens (including phenoxy) is 1. The van der Waals surface area contributed by atoms with E-state index >= 15 is 0 Å². The minimum atomic E-state index is -4.23. The molecule has 0 aliphatic heterocycles. The van der Waals surface area contributed by atoms with Gasteiger partial charge < -0.3 is 4.74 Å². The molecule has 2 nitrogen and oxygen atoms in total. The highest BCUT2D eigenvalue weighted by Crippen LogP contribution is 2.14. The first kappa shape index (κ1) is 16.0. The van der Waals surface area contributed by atoms with Crippen LogP contribution < -0.4 is 0 Å². The number of nitrogens with zero attached hydrogens (tertiary/aromatic N) is 1. The van der Waals surface area contributed by atoms with Gasteiger partial charge in [-0.2, -0.15) is 13.2 Å². The summed E-state index contributed by atoms with van der Waals surface area (Å²) in [5.41, 5.74) is 0. The third kappa shape index (κ3) is 9.24. The Hall–Kier alpha value is -0.0000000000000000555. The molecule has 0 unspecified atom stereocenters. The van der Waals surface area contributed by atoms with Crippen LogP contribution in [0.1, 0.15) is 20.3 Å². The Morgan fingerprint density at radius 3 is 2.31 bits per heavy atom. The van der Waals surface area contributed by atoms with E-state index in [4.69, 9.17) is 11.6 Å². The van der Waals surface area contributed by atoms with E-state index in [2.05, 4.69) is 9.64 Å². The number of halogens is 4. The molecule has 0 heterocycles. The van der Waals surface area contributed by atoms with Gasteiger partial charge in [0.1, 0.15) is 6.61 Å². The molecule has 0 atom stereocenters. The fourth-order valence-corrected chi connectivity index (χ4v) is 1.51. The van der Waals surface area contributed by atoms with Crippen molar-refractivity contribution in [1.82, 2.24) is 4.90 Å². The smallest absolute Gasteiger partial charge is 0.372 e. The molecule has 6 heteroatoms. The lowest BCUT2D eigenvalue weighted by Crippen LogP contribution is -2.34. The van der Waals surface area contributed by atoms with Crippen LogP contribution in [-0.2, 0) is 4.74 Å². The van der Waals surface area contributed by atoms with Gasteiger partial charge in [0.25, 0.3) is 0 Å². The van der Waals surface area contributed by atoms with Gasteiger partial charge in [0.2, 0.25) is 0 Å². The highest BCUT2D eigenvalue weighted by Gasteiger charge is 2.27. The molecule has 0 aliphatic carbocycles. The van der Waals surface area contributed by atoms with Crippen LogP contribution in [0.4, 0.5) is 13.2 Å². The third-order valence-electron chi connectivity index (χ3n) is 2.10. The monoisotopic (exact) mass is 261 g/mol. The lowest BCUT2D eigenvalue weighted by molar-refractivity contribution is -0.174. The molecule has 0 N–H and O–H groups in total. The summed E-state index contributed by atoms with van der Waals surface area (Å²) in [5, 5.41) is 0. The molecule has 0 rings (SSSR count). The highest BCUT2D eigenvalue weighted by atomic mass is 35.5. The molecule has 0 aromatic carbocycles. The zero-order valence-electron chi connectivity index (χ0n) is 9.69. The fourth-order valence-electron chi connectivity index (χ4n) is 1.29. The molecule has 0 fully saturated rings. The Balaban J connectivity index is 3.55. The summed E-state index contributed by atoms with van der Waals surface area (Å²) in [5.74, 6) is 0.529. The molecule has 16 heavy (non-hydrogen) atoms. The third-order valence-corrected chi connectivity index (χ3v) is 2.27. The Morgan fingerprint density at radius 2 is 1.88 bits per heavy atom. The number of hydrogen-bond donors (Lipinski definition) is 0. The van der Waals surface area contributed by atoms with Gasteiger partial charge in [-0.15, -0.1) is 11.6 Å². The van der Waals surface area contributed by atoms with Crippen LogP contribution in [0.3, 0.4) is 0 Å². The van der Waals surface area contributed by atoms with Gasteiger partial charge in [-0.05, 0) is 20.3 Å². The largest absolute Gasteiger partial charge is 0.411 e. The fraction of sp³-hybridized carbons (Fsp3) is 1.00. The highest BCUT2D eigenvalue weighted by molar-refractivity contribution is 6.18. The molecular formula is C10H19ClF3NO. The van der Waals surface area contributed by atoms with Crippen LogP contribution in [-0.4, -0.2) is 49.3 Å². The molecule has 0 bridgehead atoms. The molecule has 0 aliphatic rings. The Labute approximate surface area is 99.7 Å². The van der Waals surface area contributed by atoms with Gasteiger partial charge in [-0.3, -0.25) is 4.90 Å². The zero-order valence-corrected chi connectivity index (χ0v) is 10.4. The van der Waals surface area contributed by atoms with E-state index in [-0.39, 0.29) is 6.61 Å². The topological polar surface area (TPSA) is 12.5 Å². The molecule has 0 spiro atoms. The summed E-state index contributed by atoms with van der Waals surface area (Å²) in [6.45, 7) is 4.49. The number of alkyl halides is 4. The van der Waals surface area contributed by atoms with Crippen molar-refractivity contribution in [3.05, 3.63) is 0 Å². The first-order valence-corrected chi connectivity index (χ1v) is 5.84. The van der Waals surface area contributed by atoms with Crippen LogP contribution in [0.15, 0.2) is 0 Å². The minimum absolute atomic E-state index is 0.130. The van der Waals surface area contributed by atoms with Crippen LogP contribution in [0.5, 0.6) is 0 Å². The van der Waals surface area contributed by atoms with Crippen LogP contribution in [0.25, 0.3) is 0 Å². The zero-order chi connectivity index (χ0) is 12.6. The van der Waals surface area contributed by atoms with Crippen molar-refractivity contribution in [1.29, 1.82) is 0 Å². The van der Waals surface area contributed by atoms with Crippen molar-refractivity contribution in [2.24, 2.45) is 0 Å². The number of hydrogen-bond acceptors (Lipinski definition) is 2. The van der Waals surface area contributed by atoms with Crippen molar-refractivity contribution in [2.75, 3.05) is 32.2 Å². The second-order valence-electron chi connectivity index (χ2n) is 3.84. The summed E-state index contributed by atoms with van der Waals surface area (Å²) < 4.78 is 39.7. The Kier molecular flexibility index (Phi) is 8.14. The molecule has 0 saturated carbocycles. The first-order valence-electron chi connectivity index (χ1n) is 5.31. The maximum Gasteiger partial charge on any atom is 0.411 e. The van der Waals surface area contributed by atoms with Gasteiger partial charge in [0.15, 0.2) is 0 Å². The summed E-state index contributed by atoms with van der Waals surface area (Å²) in [6, 6.07) is 0.348. The Bertz CT molecular complexity index is 176. The van der Waals surface area contributed by atoms with E-state index in [0.717, 1.165) is 6.54 Å². The quantitative estimate of drug-likeness (QED) is 0.492. The molecule has 0 radical (unpaired) electrons. The van der Waals surface area contributed by atoms with Crippen molar-refractivity contribution < 1.29 is 17.9 Å². The molecule has 0 aromatic heterocycles. The summed E-state index contributed by atoms with van der Waals surface area (Å²) >= 11 is 5.62. The molecule has 98 valence electrons. The van der Waals surface area contributed by atoms with Crippen LogP contribution in [0, 0.1) is 0 Å². The van der Waals surface area contributed by atoms with Gasteiger partial charge in [0, 0.05) is 31.6 Å². The van der Waals surface area contributed by atoms with Crippen molar-refractivity contribution in [3.8, 4) is 0 Å². The lowest BCUT2D eigenvalue weighted by Gasteiger charge is -2.25. The lowest BCUT2D eigenvalue weighted by atomic mass is 10.3. The first-order chi connectivity index (χ1) is 7.37. The summed E-state index contributed by atoms with van der Waals surface area (Å²) in [4.78, 5) is 2.12. The maximum absolute atomic E-state index is 11.7. The molecule has 0 saturated heterocycles. The average Bonchev–Trinajstić information content (AvgIpc) is 2.13. The Morgan fingerprint density at radius 1 is 1.25 bits per heavy atom. The van der Waals surface area contributed by atoms with E-state index in [0.29, 0.717) is 24.9 Å². The van der Waals surface area contributed by atoms with Crippen molar-refractivity contribution in [2.45, 2.75) is 32.5 Å². The van der Waals surface area contributed by atoms with E-state index < -0.39 is 12.8 Å². The normalized spacial score (nSPS) is 12.8. The van der Waals surface area contributed by atoms with Crippen molar-refractivity contribution in [3.63, 3.8) is 0 Å². The SMILES string of the molecule is CC(C)N(CCCl)CCCOCC(F)(F)F.